The fraction of sp³-hybridized carbons (Fsp3) is 0.381. The first-order chi connectivity index (χ1) is 14.3. The zero-order chi connectivity index (χ0) is 21.5. The molecular weight excluding hydrogens is 413 g/mol. The average molecular weight is 434 g/mol. The highest BCUT2D eigenvalue weighted by Crippen LogP contribution is 2.37. The quantitative estimate of drug-likeness (QED) is 0.579. The molecular formula is C21H21F3N4OS. The van der Waals surface area contributed by atoms with E-state index in [9.17, 15) is 18.0 Å². The number of fused-ring (bicyclic) bond motifs is 1. The van der Waals surface area contributed by atoms with Crippen LogP contribution in [0, 0.1) is 6.92 Å². The summed E-state index contributed by atoms with van der Waals surface area (Å²) < 4.78 is 38.2. The first-order valence-electron chi connectivity index (χ1n) is 9.75. The number of anilines is 2. The Hall–Kier alpha value is -2.68. The molecule has 0 bridgehead atoms. The zero-order valence-electron chi connectivity index (χ0n) is 16.6. The van der Waals surface area contributed by atoms with Crippen LogP contribution in [0.5, 0.6) is 0 Å². The summed E-state index contributed by atoms with van der Waals surface area (Å²) in [5, 5.41) is 3.56. The second kappa shape index (κ2) is 7.86. The molecule has 1 atom stereocenters. The molecule has 1 saturated heterocycles. The minimum Gasteiger partial charge on any atom is -0.353 e. The first kappa shape index (κ1) is 20.6. The Balaban J connectivity index is 1.64. The topological polar surface area (TPSA) is 58.1 Å². The number of hydrogen-bond acceptors (Lipinski definition) is 5. The van der Waals surface area contributed by atoms with E-state index in [0.717, 1.165) is 53.1 Å². The van der Waals surface area contributed by atoms with Crippen molar-refractivity contribution in [1.29, 1.82) is 0 Å². The third-order valence-corrected chi connectivity index (χ3v) is 6.66. The van der Waals surface area contributed by atoms with Gasteiger partial charge in [0.1, 0.15) is 17.0 Å². The number of hydrogen-bond donors (Lipinski definition) is 1. The van der Waals surface area contributed by atoms with Crippen molar-refractivity contribution in [3.8, 4) is 0 Å². The normalized spacial score (nSPS) is 17.4. The molecule has 1 aliphatic rings. The molecule has 3 heterocycles. The molecule has 158 valence electrons. The lowest BCUT2D eigenvalue weighted by Gasteiger charge is -2.34. The summed E-state index contributed by atoms with van der Waals surface area (Å²) in [6.45, 7) is 4.95. The lowest BCUT2D eigenvalue weighted by molar-refractivity contribution is -0.137. The number of nitrogens with zero attached hydrogens (tertiary/aromatic N) is 3. The van der Waals surface area contributed by atoms with Crippen LogP contribution in [0.25, 0.3) is 10.2 Å². The SMILES string of the molecule is Cc1c(C(=O)Nc2ccc(C(F)(F)F)cc2)sc2ncnc(N3CCCC[C@@H]3C)c12. The van der Waals surface area contributed by atoms with Gasteiger partial charge in [0.05, 0.1) is 15.8 Å². The van der Waals surface area contributed by atoms with Gasteiger partial charge in [-0.1, -0.05) is 0 Å². The van der Waals surface area contributed by atoms with Gasteiger partial charge < -0.3 is 10.2 Å². The zero-order valence-corrected chi connectivity index (χ0v) is 17.4. The van der Waals surface area contributed by atoms with Gasteiger partial charge in [-0.05, 0) is 62.9 Å². The molecule has 1 fully saturated rings. The van der Waals surface area contributed by atoms with Gasteiger partial charge in [0.2, 0.25) is 0 Å². The maximum absolute atomic E-state index is 12.9. The molecule has 5 nitrogen and oxygen atoms in total. The lowest BCUT2D eigenvalue weighted by Crippen LogP contribution is -2.38. The predicted octanol–water partition coefficient (Wildman–Crippen LogP) is 5.65. The Kier molecular flexibility index (Phi) is 5.40. The van der Waals surface area contributed by atoms with Crippen LogP contribution in [0.2, 0.25) is 0 Å². The van der Waals surface area contributed by atoms with E-state index in [0.29, 0.717) is 16.6 Å². The Morgan fingerprint density at radius 2 is 1.93 bits per heavy atom. The second-order valence-corrected chi connectivity index (χ2v) is 8.50. The van der Waals surface area contributed by atoms with E-state index in [1.807, 2.05) is 6.92 Å². The van der Waals surface area contributed by atoms with Crippen LogP contribution in [0.1, 0.15) is 47.0 Å². The van der Waals surface area contributed by atoms with Gasteiger partial charge in [0.25, 0.3) is 5.91 Å². The third kappa shape index (κ3) is 3.86. The lowest BCUT2D eigenvalue weighted by atomic mass is 10.0. The summed E-state index contributed by atoms with van der Waals surface area (Å²) in [7, 11) is 0. The standard InChI is InChI=1S/C21H21F3N4OS/c1-12-5-3-4-10-28(12)18-16-13(2)17(30-20(16)26-11-25-18)19(29)27-15-8-6-14(7-9-15)21(22,23)24/h6-9,11-12H,3-5,10H2,1-2H3,(H,27,29)/t12-/m0/s1. The van der Waals surface area contributed by atoms with Crippen molar-refractivity contribution < 1.29 is 18.0 Å². The van der Waals surface area contributed by atoms with Crippen molar-refractivity contribution in [3.05, 3.63) is 46.6 Å². The summed E-state index contributed by atoms with van der Waals surface area (Å²) >= 11 is 1.27. The molecule has 0 unspecified atom stereocenters. The molecule has 2 aromatic heterocycles. The molecule has 3 aromatic rings. The van der Waals surface area contributed by atoms with Crippen molar-refractivity contribution >= 4 is 39.0 Å². The average Bonchev–Trinajstić information content (AvgIpc) is 3.05. The van der Waals surface area contributed by atoms with Crippen LogP contribution in [-0.2, 0) is 6.18 Å². The van der Waals surface area contributed by atoms with Crippen molar-refractivity contribution in [2.75, 3.05) is 16.8 Å². The number of nitrogens with one attached hydrogen (secondary N) is 1. The van der Waals surface area contributed by atoms with Crippen LogP contribution in [0.15, 0.2) is 30.6 Å². The molecule has 0 radical (unpaired) electrons. The molecule has 0 saturated carbocycles. The van der Waals surface area contributed by atoms with E-state index in [2.05, 4.69) is 27.1 Å². The van der Waals surface area contributed by atoms with Crippen LogP contribution in [0.3, 0.4) is 0 Å². The highest BCUT2D eigenvalue weighted by molar-refractivity contribution is 7.20. The summed E-state index contributed by atoms with van der Waals surface area (Å²) in [6, 6.07) is 4.78. The number of halogens is 3. The van der Waals surface area contributed by atoms with E-state index in [1.165, 1.54) is 36.2 Å². The molecule has 1 aliphatic heterocycles. The van der Waals surface area contributed by atoms with Crippen LogP contribution < -0.4 is 10.2 Å². The van der Waals surface area contributed by atoms with Crippen LogP contribution in [-0.4, -0.2) is 28.5 Å². The van der Waals surface area contributed by atoms with E-state index < -0.39 is 11.7 Å². The van der Waals surface area contributed by atoms with Gasteiger partial charge in [-0.3, -0.25) is 4.79 Å². The Morgan fingerprint density at radius 3 is 2.60 bits per heavy atom. The molecule has 4 rings (SSSR count). The minimum atomic E-state index is -4.41. The van der Waals surface area contributed by atoms with Crippen molar-refractivity contribution in [3.63, 3.8) is 0 Å². The summed E-state index contributed by atoms with van der Waals surface area (Å²) in [4.78, 5) is 25.2. The van der Waals surface area contributed by atoms with Crippen molar-refractivity contribution in [2.45, 2.75) is 45.3 Å². The number of carbonyl (C=O) groups excluding carboxylic acids is 1. The minimum absolute atomic E-state index is 0.306. The molecule has 9 heteroatoms. The third-order valence-electron chi connectivity index (χ3n) is 5.46. The summed E-state index contributed by atoms with van der Waals surface area (Å²) in [5.41, 5.74) is 0.336. The number of carbonyl (C=O) groups is 1. The Labute approximate surface area is 175 Å². The maximum atomic E-state index is 12.9. The number of piperidine rings is 1. The maximum Gasteiger partial charge on any atom is 0.416 e. The van der Waals surface area contributed by atoms with Gasteiger partial charge in [0, 0.05) is 18.3 Å². The Morgan fingerprint density at radius 1 is 1.20 bits per heavy atom. The van der Waals surface area contributed by atoms with Crippen LogP contribution >= 0.6 is 11.3 Å². The smallest absolute Gasteiger partial charge is 0.353 e. The molecule has 1 aromatic carbocycles. The highest BCUT2D eigenvalue weighted by atomic mass is 32.1. The van der Waals surface area contributed by atoms with Crippen LogP contribution in [0.4, 0.5) is 24.7 Å². The van der Waals surface area contributed by atoms with Crippen molar-refractivity contribution in [2.24, 2.45) is 0 Å². The largest absolute Gasteiger partial charge is 0.416 e. The van der Waals surface area contributed by atoms with E-state index in [1.54, 1.807) is 0 Å². The number of amides is 1. The number of rotatable bonds is 3. The molecule has 1 N–H and O–H groups in total. The van der Waals surface area contributed by atoms with E-state index in [4.69, 9.17) is 0 Å². The fourth-order valence-corrected chi connectivity index (χ4v) is 4.87. The summed E-state index contributed by atoms with van der Waals surface area (Å²) in [5.74, 6) is 0.474. The van der Waals surface area contributed by atoms with E-state index in [-0.39, 0.29) is 5.91 Å². The van der Waals surface area contributed by atoms with Gasteiger partial charge in [-0.25, -0.2) is 9.97 Å². The fourth-order valence-electron chi connectivity index (χ4n) is 3.83. The molecule has 1 amide bonds. The first-order valence-corrected chi connectivity index (χ1v) is 10.6. The number of alkyl halides is 3. The second-order valence-electron chi connectivity index (χ2n) is 7.50. The summed E-state index contributed by atoms with van der Waals surface area (Å²) in [6.07, 6.45) is 0.489. The van der Waals surface area contributed by atoms with Crippen molar-refractivity contribution in [1.82, 2.24) is 9.97 Å². The van der Waals surface area contributed by atoms with Gasteiger partial charge in [-0.15, -0.1) is 11.3 Å². The number of thiophene rings is 1. The predicted molar refractivity (Wildman–Crippen MR) is 112 cm³/mol. The molecule has 0 aliphatic carbocycles. The number of aromatic nitrogens is 2. The number of benzene rings is 1. The molecule has 30 heavy (non-hydrogen) atoms. The van der Waals surface area contributed by atoms with Gasteiger partial charge in [0.15, 0.2) is 0 Å². The van der Waals surface area contributed by atoms with E-state index >= 15 is 0 Å². The highest BCUT2D eigenvalue weighted by Gasteiger charge is 2.30. The molecule has 0 spiro atoms. The van der Waals surface area contributed by atoms with Gasteiger partial charge >= 0.3 is 6.18 Å². The number of aryl methyl sites for hydroxylation is 1. The van der Waals surface area contributed by atoms with Gasteiger partial charge in [-0.2, -0.15) is 13.2 Å². The Bertz CT molecular complexity index is 1080. The monoisotopic (exact) mass is 434 g/mol.